The Morgan fingerprint density at radius 3 is 2.21 bits per heavy atom. The lowest BCUT2D eigenvalue weighted by Crippen LogP contribution is -3.00. The van der Waals surface area contributed by atoms with Gasteiger partial charge in [-0.05, 0) is 54.5 Å². The minimum atomic E-state index is -0.0503. The molecule has 0 spiro atoms. The van der Waals surface area contributed by atoms with Gasteiger partial charge in [0.15, 0.2) is 5.71 Å². The monoisotopic (exact) mass is 461 g/mol. The minimum Gasteiger partial charge on any atom is -1.00 e. The summed E-state index contributed by atoms with van der Waals surface area (Å²) in [7, 11) is 7.61. The Bertz CT molecular complexity index is 1330. The molecule has 3 aromatic rings. The van der Waals surface area contributed by atoms with Crippen molar-refractivity contribution in [2.75, 3.05) is 21.2 Å². The topological polar surface area (TPSA) is 39.2 Å². The zero-order valence-electron chi connectivity index (χ0n) is 19.5. The van der Waals surface area contributed by atoms with Crippen LogP contribution < -0.4 is 22.7 Å². The molecule has 0 saturated carbocycles. The Labute approximate surface area is 200 Å². The van der Waals surface area contributed by atoms with E-state index >= 15 is 0 Å². The number of allylic oxidation sites excluding steroid dienone is 5. The maximum Gasteiger partial charge on any atom is 0.279 e. The molecule has 0 atom stereocenters. The number of ether oxygens (including phenoxy) is 1. The van der Waals surface area contributed by atoms with Crippen molar-refractivity contribution in [3.63, 3.8) is 0 Å². The molecule has 1 heterocycles. The highest BCUT2D eigenvalue weighted by Gasteiger charge is 2.23. The van der Waals surface area contributed by atoms with Crippen LogP contribution in [0.25, 0.3) is 11.3 Å². The molecule has 33 heavy (non-hydrogen) atoms. The van der Waals surface area contributed by atoms with Gasteiger partial charge in [0.1, 0.15) is 19.8 Å². The normalized spacial score (nSPS) is 12.5. The minimum absolute atomic E-state index is 0. The quantitative estimate of drug-likeness (QED) is 0.547. The Morgan fingerprint density at radius 1 is 0.939 bits per heavy atom. The van der Waals surface area contributed by atoms with Crippen LogP contribution in [0.4, 0.5) is 0 Å². The van der Waals surface area contributed by atoms with Gasteiger partial charge < -0.3 is 17.1 Å². The molecule has 0 aliphatic heterocycles. The van der Waals surface area contributed by atoms with Crippen LogP contribution in [0.5, 0.6) is 5.75 Å². The van der Waals surface area contributed by atoms with Gasteiger partial charge in [-0.3, -0.25) is 9.48 Å². The molecule has 0 saturated heterocycles. The summed E-state index contributed by atoms with van der Waals surface area (Å²) in [5.74, 6) is 0.752. The highest BCUT2D eigenvalue weighted by Crippen LogP contribution is 2.32. The van der Waals surface area contributed by atoms with Crippen molar-refractivity contribution in [3.05, 3.63) is 112 Å². The summed E-state index contributed by atoms with van der Waals surface area (Å²) in [6.07, 6.45) is 8.29. The third-order valence-electron chi connectivity index (χ3n) is 5.84. The van der Waals surface area contributed by atoms with Crippen molar-refractivity contribution in [1.82, 2.24) is 9.36 Å². The first-order valence-corrected chi connectivity index (χ1v) is 10.6. The van der Waals surface area contributed by atoms with Gasteiger partial charge in [0.2, 0.25) is 0 Å². The van der Waals surface area contributed by atoms with Gasteiger partial charge in [0.25, 0.3) is 5.56 Å². The molecule has 1 aliphatic rings. The Balaban J connectivity index is 0.00000306. The largest absolute Gasteiger partial charge is 1.00 e. The van der Waals surface area contributed by atoms with Gasteiger partial charge in [0, 0.05) is 30.5 Å². The molecule has 4 rings (SSSR count). The molecule has 6 heteroatoms. The molecule has 0 N–H and O–H groups in total. The zero-order valence-corrected chi connectivity index (χ0v) is 20.3. The molecular weight excluding hydrogens is 434 g/mol. The Kier molecular flexibility index (Phi) is 7.24. The molecule has 1 aliphatic carbocycles. The van der Waals surface area contributed by atoms with E-state index in [4.69, 9.17) is 4.74 Å². The molecular formula is C27H28ClN3O2. The number of benzene rings is 2. The van der Waals surface area contributed by atoms with E-state index in [1.54, 1.807) is 11.8 Å². The van der Waals surface area contributed by atoms with E-state index in [2.05, 4.69) is 28.9 Å². The van der Waals surface area contributed by atoms with E-state index in [1.165, 1.54) is 0 Å². The summed E-state index contributed by atoms with van der Waals surface area (Å²) in [6.45, 7) is 1.99. The fraction of sp³-hybridized carbons (Fsp3) is 0.185. The number of rotatable bonds is 4. The van der Waals surface area contributed by atoms with Crippen LogP contribution in [-0.4, -0.2) is 40.9 Å². The van der Waals surface area contributed by atoms with Crippen LogP contribution >= 0.6 is 0 Å². The molecule has 0 bridgehead atoms. The van der Waals surface area contributed by atoms with E-state index in [0.29, 0.717) is 5.56 Å². The molecule has 0 radical (unpaired) electrons. The number of nitrogens with zero attached hydrogens (tertiary/aromatic N) is 3. The van der Waals surface area contributed by atoms with E-state index in [0.717, 1.165) is 39.6 Å². The lowest BCUT2D eigenvalue weighted by Gasteiger charge is -2.13. The van der Waals surface area contributed by atoms with Crippen LogP contribution in [0.2, 0.25) is 0 Å². The standard InChI is InChI=1S/C27H28N3O2.ClH/c1-19-25(27(31)30(29(19)4)23-11-7-6-8-12-23)26(21-10-9-13-24(18-21)32-5)20-14-16-22(17-15-20)28(2)3;/h6-18H,1-5H3;1H/q+1;/p-1. The van der Waals surface area contributed by atoms with Gasteiger partial charge in [-0.25, -0.2) is 9.26 Å². The summed E-state index contributed by atoms with van der Waals surface area (Å²) in [5, 5.41) is 0. The average molecular weight is 462 g/mol. The fourth-order valence-corrected chi connectivity index (χ4v) is 4.02. The number of aromatic nitrogens is 2. The fourth-order valence-electron chi connectivity index (χ4n) is 4.02. The maximum absolute atomic E-state index is 13.8. The molecule has 0 amide bonds. The lowest BCUT2D eigenvalue weighted by atomic mass is 9.91. The van der Waals surface area contributed by atoms with Crippen molar-refractivity contribution >= 4 is 11.3 Å². The smallest absolute Gasteiger partial charge is 0.279 e. The van der Waals surface area contributed by atoms with E-state index in [-0.39, 0.29) is 18.0 Å². The molecule has 0 unspecified atom stereocenters. The van der Waals surface area contributed by atoms with Crippen LogP contribution in [0.3, 0.4) is 0 Å². The van der Waals surface area contributed by atoms with Crippen molar-refractivity contribution < 1.29 is 21.7 Å². The van der Waals surface area contributed by atoms with E-state index in [9.17, 15) is 4.79 Å². The molecule has 2 aromatic carbocycles. The summed E-state index contributed by atoms with van der Waals surface area (Å²) < 4.78 is 11.2. The second-order valence-corrected chi connectivity index (χ2v) is 7.98. The van der Waals surface area contributed by atoms with Crippen LogP contribution in [0.1, 0.15) is 16.8 Å². The Hall–Kier alpha value is -3.57. The summed E-state index contributed by atoms with van der Waals surface area (Å²) in [6, 6.07) is 17.6. The summed E-state index contributed by atoms with van der Waals surface area (Å²) in [5.41, 5.74) is 6.28. The highest BCUT2D eigenvalue weighted by atomic mass is 35.5. The third kappa shape index (κ3) is 4.50. The van der Waals surface area contributed by atoms with Crippen molar-refractivity contribution in [1.29, 1.82) is 0 Å². The first kappa shape index (κ1) is 24.1. The number of halogens is 1. The van der Waals surface area contributed by atoms with Crippen LogP contribution in [-0.2, 0) is 7.05 Å². The van der Waals surface area contributed by atoms with E-state index < -0.39 is 0 Å². The number of hydrogen-bond donors (Lipinski definition) is 0. The van der Waals surface area contributed by atoms with Crippen molar-refractivity contribution in [2.45, 2.75) is 6.92 Å². The zero-order chi connectivity index (χ0) is 22.8. The lowest BCUT2D eigenvalue weighted by molar-refractivity contribution is -0.462. The number of para-hydroxylation sites is 1. The highest BCUT2D eigenvalue weighted by molar-refractivity contribution is 6.04. The Morgan fingerprint density at radius 2 is 1.61 bits per heavy atom. The van der Waals surface area contributed by atoms with Crippen LogP contribution in [0.15, 0.2) is 89.3 Å². The van der Waals surface area contributed by atoms with Gasteiger partial charge in [-0.15, -0.1) is 0 Å². The molecule has 170 valence electrons. The van der Waals surface area contributed by atoms with Crippen LogP contribution in [0, 0.1) is 6.92 Å². The predicted octanol–water partition coefficient (Wildman–Crippen LogP) is 1.14. The van der Waals surface area contributed by atoms with Crippen molar-refractivity contribution in [2.24, 2.45) is 7.05 Å². The number of hydrogen-bond acceptors (Lipinski definition) is 2. The molecule has 0 fully saturated rings. The first-order valence-electron chi connectivity index (χ1n) is 10.6. The van der Waals surface area contributed by atoms with Gasteiger partial charge in [0.05, 0.1) is 18.4 Å². The second-order valence-electron chi connectivity index (χ2n) is 7.98. The van der Waals surface area contributed by atoms with Gasteiger partial charge in [-0.2, -0.15) is 0 Å². The average Bonchev–Trinajstić information content (AvgIpc) is 3.03. The van der Waals surface area contributed by atoms with Gasteiger partial charge >= 0.3 is 0 Å². The van der Waals surface area contributed by atoms with Crippen molar-refractivity contribution in [3.8, 4) is 11.4 Å². The third-order valence-corrected chi connectivity index (χ3v) is 5.84. The predicted molar refractivity (Wildman–Crippen MR) is 130 cm³/mol. The second kappa shape index (κ2) is 9.92. The maximum atomic E-state index is 13.8. The molecule has 5 nitrogen and oxygen atoms in total. The number of methoxy groups -OCH3 is 1. The SMILES string of the molecule is COc1cccc(C(=C2C=CC(=[N+](C)C)C=C2)c2c(C)n(C)n(-c3ccccc3)c2=O)c1.[Cl-]. The first-order chi connectivity index (χ1) is 15.4. The summed E-state index contributed by atoms with van der Waals surface area (Å²) >= 11 is 0. The summed E-state index contributed by atoms with van der Waals surface area (Å²) in [4.78, 5) is 13.8. The van der Waals surface area contributed by atoms with E-state index in [1.807, 2.05) is 87.3 Å². The van der Waals surface area contributed by atoms with Gasteiger partial charge in [-0.1, -0.05) is 30.3 Å². The molecule has 1 aromatic heterocycles.